The molecule has 1 rings (SSSR count). The number of amides is 1. The Balaban J connectivity index is 2.72. The molecule has 0 fully saturated rings. The summed E-state index contributed by atoms with van der Waals surface area (Å²) in [6.45, 7) is 3.78. The summed E-state index contributed by atoms with van der Waals surface area (Å²) in [6.07, 6.45) is 3.34. The number of aryl methyl sites for hydroxylation is 1. The quantitative estimate of drug-likeness (QED) is 0.806. The number of likely N-dealkylation sites (N-methyl/N-ethyl adjacent to an activating group) is 1. The second-order valence-electron chi connectivity index (χ2n) is 4.17. The van der Waals surface area contributed by atoms with E-state index in [-0.39, 0.29) is 18.6 Å². The number of carbonyl (C=O) groups is 1. The van der Waals surface area contributed by atoms with E-state index in [4.69, 9.17) is 5.11 Å². The predicted molar refractivity (Wildman–Crippen MR) is 69.5 cm³/mol. The van der Waals surface area contributed by atoms with Crippen LogP contribution >= 0.6 is 0 Å². The summed E-state index contributed by atoms with van der Waals surface area (Å²) in [7, 11) is 1.69. The van der Waals surface area contributed by atoms with Crippen LogP contribution < -0.4 is 0 Å². The second-order valence-corrected chi connectivity index (χ2v) is 4.17. The maximum absolute atomic E-state index is 11.8. The number of hydrogen-bond acceptors (Lipinski definition) is 2. The predicted octanol–water partition coefficient (Wildman–Crippen LogP) is 1.85. The lowest BCUT2D eigenvalue weighted by Gasteiger charge is -2.21. The normalized spacial score (nSPS) is 12.7. The third-order valence-corrected chi connectivity index (χ3v) is 2.87. The molecule has 1 atom stereocenters. The van der Waals surface area contributed by atoms with Crippen molar-refractivity contribution in [2.24, 2.45) is 0 Å². The first-order valence-corrected chi connectivity index (χ1v) is 5.67. The molecule has 1 N–H and O–H groups in total. The first-order valence-electron chi connectivity index (χ1n) is 5.67. The smallest absolute Gasteiger partial charge is 0.246 e. The summed E-state index contributed by atoms with van der Waals surface area (Å²) >= 11 is 0. The zero-order valence-corrected chi connectivity index (χ0v) is 10.6. The molecule has 0 spiro atoms. The summed E-state index contributed by atoms with van der Waals surface area (Å²) < 4.78 is 0. The minimum atomic E-state index is -0.163. The van der Waals surface area contributed by atoms with E-state index in [0.717, 1.165) is 11.1 Å². The molecule has 0 aliphatic carbocycles. The van der Waals surface area contributed by atoms with Crippen molar-refractivity contribution in [2.75, 3.05) is 13.7 Å². The monoisotopic (exact) mass is 233 g/mol. The Bertz CT molecular complexity index is 412. The third-order valence-electron chi connectivity index (χ3n) is 2.87. The highest BCUT2D eigenvalue weighted by molar-refractivity contribution is 5.92. The molecule has 0 aromatic heterocycles. The summed E-state index contributed by atoms with van der Waals surface area (Å²) in [4.78, 5) is 13.3. The van der Waals surface area contributed by atoms with Gasteiger partial charge in [0.2, 0.25) is 5.91 Å². The Labute approximate surface area is 102 Å². The van der Waals surface area contributed by atoms with Gasteiger partial charge in [0.15, 0.2) is 0 Å². The minimum absolute atomic E-state index is 0.0273. The van der Waals surface area contributed by atoms with Crippen molar-refractivity contribution in [2.45, 2.75) is 19.9 Å². The molecule has 92 valence electrons. The molecule has 0 saturated heterocycles. The number of benzene rings is 1. The highest BCUT2D eigenvalue weighted by atomic mass is 16.3. The minimum Gasteiger partial charge on any atom is -0.394 e. The van der Waals surface area contributed by atoms with Gasteiger partial charge in [0.1, 0.15) is 0 Å². The highest BCUT2D eigenvalue weighted by Gasteiger charge is 2.11. The molecular formula is C14H19NO2. The lowest BCUT2D eigenvalue weighted by Crippen LogP contribution is -2.36. The average Bonchev–Trinajstić information content (AvgIpc) is 2.35. The molecule has 0 saturated carbocycles. The molecule has 1 unspecified atom stereocenters. The summed E-state index contributed by atoms with van der Waals surface area (Å²) in [5, 5.41) is 8.97. The highest BCUT2D eigenvalue weighted by Crippen LogP contribution is 2.09. The lowest BCUT2D eigenvalue weighted by molar-refractivity contribution is -0.127. The molecule has 17 heavy (non-hydrogen) atoms. The number of aliphatic hydroxyl groups is 1. The summed E-state index contributed by atoms with van der Waals surface area (Å²) in [5.74, 6) is -0.102. The van der Waals surface area contributed by atoms with Crippen LogP contribution in [0, 0.1) is 6.92 Å². The van der Waals surface area contributed by atoms with Crippen LogP contribution in [0.15, 0.2) is 30.3 Å². The van der Waals surface area contributed by atoms with Gasteiger partial charge < -0.3 is 10.0 Å². The van der Waals surface area contributed by atoms with Gasteiger partial charge in [-0.3, -0.25) is 4.79 Å². The van der Waals surface area contributed by atoms with Crippen molar-refractivity contribution in [3.63, 3.8) is 0 Å². The largest absolute Gasteiger partial charge is 0.394 e. The van der Waals surface area contributed by atoms with Gasteiger partial charge in [-0.05, 0) is 31.1 Å². The molecular weight excluding hydrogens is 214 g/mol. The van der Waals surface area contributed by atoms with E-state index in [9.17, 15) is 4.79 Å². The molecule has 3 heteroatoms. The Kier molecular flexibility index (Phi) is 4.91. The summed E-state index contributed by atoms with van der Waals surface area (Å²) in [6, 6.07) is 7.72. The van der Waals surface area contributed by atoms with Crippen molar-refractivity contribution in [3.8, 4) is 0 Å². The fourth-order valence-corrected chi connectivity index (χ4v) is 1.39. The Morgan fingerprint density at radius 1 is 1.47 bits per heavy atom. The van der Waals surface area contributed by atoms with E-state index >= 15 is 0 Å². The van der Waals surface area contributed by atoms with Crippen LogP contribution in [0.3, 0.4) is 0 Å². The fraction of sp³-hybridized carbons (Fsp3) is 0.357. The van der Waals surface area contributed by atoms with Crippen molar-refractivity contribution in [3.05, 3.63) is 41.5 Å². The third kappa shape index (κ3) is 3.71. The first kappa shape index (κ1) is 13.5. The van der Waals surface area contributed by atoms with Gasteiger partial charge in [-0.25, -0.2) is 0 Å². The average molecular weight is 233 g/mol. The van der Waals surface area contributed by atoms with Crippen LogP contribution in [-0.2, 0) is 4.79 Å². The molecule has 0 radical (unpaired) electrons. The van der Waals surface area contributed by atoms with E-state index in [1.807, 2.05) is 31.2 Å². The molecule has 0 heterocycles. The molecule has 0 aliphatic heterocycles. The van der Waals surface area contributed by atoms with E-state index in [2.05, 4.69) is 0 Å². The number of rotatable bonds is 4. The summed E-state index contributed by atoms with van der Waals surface area (Å²) in [5.41, 5.74) is 2.17. The van der Waals surface area contributed by atoms with Gasteiger partial charge in [-0.15, -0.1) is 0 Å². The van der Waals surface area contributed by atoms with Gasteiger partial charge in [0, 0.05) is 13.1 Å². The van der Waals surface area contributed by atoms with E-state index in [1.54, 1.807) is 20.0 Å². The Hall–Kier alpha value is -1.61. The molecule has 1 aromatic carbocycles. The SMILES string of the molecule is Cc1ccccc1/C=C/C(=O)N(C)C(C)CO. The molecule has 3 nitrogen and oxygen atoms in total. The number of aliphatic hydroxyl groups excluding tert-OH is 1. The molecule has 1 aromatic rings. The van der Waals surface area contributed by atoms with Crippen LogP contribution in [0.2, 0.25) is 0 Å². The van der Waals surface area contributed by atoms with Crippen molar-refractivity contribution in [1.82, 2.24) is 4.90 Å². The van der Waals surface area contributed by atoms with Crippen LogP contribution in [0.5, 0.6) is 0 Å². The van der Waals surface area contributed by atoms with Gasteiger partial charge in [0.05, 0.1) is 12.6 Å². The molecule has 0 aliphatic rings. The van der Waals surface area contributed by atoms with E-state index < -0.39 is 0 Å². The first-order chi connectivity index (χ1) is 8.06. The van der Waals surface area contributed by atoms with Gasteiger partial charge in [0.25, 0.3) is 0 Å². The Morgan fingerprint density at radius 3 is 2.71 bits per heavy atom. The van der Waals surface area contributed by atoms with Crippen LogP contribution in [0.4, 0.5) is 0 Å². The Morgan fingerprint density at radius 2 is 2.12 bits per heavy atom. The van der Waals surface area contributed by atoms with Crippen LogP contribution in [-0.4, -0.2) is 35.6 Å². The van der Waals surface area contributed by atoms with E-state index in [0.29, 0.717) is 0 Å². The standard InChI is InChI=1S/C14H19NO2/c1-11-6-4-5-7-13(11)8-9-14(17)15(3)12(2)10-16/h4-9,12,16H,10H2,1-3H3/b9-8+. The fourth-order valence-electron chi connectivity index (χ4n) is 1.39. The second kappa shape index (κ2) is 6.21. The van der Waals surface area contributed by atoms with E-state index in [1.165, 1.54) is 11.0 Å². The van der Waals surface area contributed by atoms with Gasteiger partial charge in [-0.1, -0.05) is 24.3 Å². The van der Waals surface area contributed by atoms with Gasteiger partial charge in [-0.2, -0.15) is 0 Å². The topological polar surface area (TPSA) is 40.5 Å². The lowest BCUT2D eigenvalue weighted by atomic mass is 10.1. The zero-order chi connectivity index (χ0) is 12.8. The van der Waals surface area contributed by atoms with Crippen molar-refractivity contribution >= 4 is 12.0 Å². The number of hydrogen-bond donors (Lipinski definition) is 1. The molecule has 1 amide bonds. The van der Waals surface area contributed by atoms with Crippen LogP contribution in [0.25, 0.3) is 6.08 Å². The zero-order valence-electron chi connectivity index (χ0n) is 10.6. The number of carbonyl (C=O) groups excluding carboxylic acids is 1. The number of nitrogens with zero attached hydrogens (tertiary/aromatic N) is 1. The molecule has 0 bridgehead atoms. The van der Waals surface area contributed by atoms with Crippen molar-refractivity contribution < 1.29 is 9.90 Å². The maximum Gasteiger partial charge on any atom is 0.246 e. The maximum atomic E-state index is 11.8. The van der Waals surface area contributed by atoms with Crippen molar-refractivity contribution in [1.29, 1.82) is 0 Å². The van der Waals surface area contributed by atoms with Gasteiger partial charge >= 0.3 is 0 Å². The van der Waals surface area contributed by atoms with Crippen LogP contribution in [0.1, 0.15) is 18.1 Å².